The van der Waals surface area contributed by atoms with Crippen molar-refractivity contribution >= 4 is 20.0 Å². The Morgan fingerprint density at radius 2 is 1.67 bits per heavy atom. The fraction of sp³-hybridized carbons (Fsp3) is 0.500. The molecule has 86 valence electrons. The average Bonchev–Trinajstić information content (AvgIpc) is 1.80. The van der Waals surface area contributed by atoms with Crippen molar-refractivity contribution in [3.63, 3.8) is 0 Å². The van der Waals surface area contributed by atoms with Crippen LogP contribution < -0.4 is 51.4 Å². The van der Waals surface area contributed by atoms with Gasteiger partial charge in [-0.2, -0.15) is 13.2 Å². The molecule has 11 heteroatoms. The minimum Gasteiger partial charge on any atom is -1.00 e. The van der Waals surface area contributed by atoms with Gasteiger partial charge < -0.3 is 5.55 Å². The Morgan fingerprint density at radius 1 is 1.27 bits per heavy atom. The molecule has 0 aliphatic carbocycles. The van der Waals surface area contributed by atoms with Gasteiger partial charge >= 0.3 is 56.9 Å². The fourth-order valence-electron chi connectivity index (χ4n) is 0.371. The maximum Gasteiger partial charge on any atom is 1.00 e. The van der Waals surface area contributed by atoms with Gasteiger partial charge in [0.25, 0.3) is 0 Å². The number of halogens is 3. The first-order valence-corrected chi connectivity index (χ1v) is 5.96. The molecule has 0 aromatic heterocycles. The van der Waals surface area contributed by atoms with Gasteiger partial charge in [-0.3, -0.25) is 0 Å². The van der Waals surface area contributed by atoms with Gasteiger partial charge in [-0.15, -0.1) is 6.58 Å². The van der Waals surface area contributed by atoms with Crippen LogP contribution in [-0.2, 0) is 20.0 Å². The van der Waals surface area contributed by atoms with E-state index >= 15 is 0 Å². The fourth-order valence-corrected chi connectivity index (χ4v) is 2.45. The van der Waals surface area contributed by atoms with E-state index < -0.39 is 31.3 Å². The Hall–Kier alpha value is 1.03. The van der Waals surface area contributed by atoms with Crippen molar-refractivity contribution in [3.8, 4) is 0 Å². The van der Waals surface area contributed by atoms with E-state index in [1.54, 1.807) is 4.13 Å². The number of hydrogen-bond acceptors (Lipinski definition) is 4. The maximum atomic E-state index is 11.6. The van der Waals surface area contributed by atoms with Gasteiger partial charge in [-0.05, 0) is 0 Å². The minimum absolute atomic E-state index is 0. The molecule has 0 unspecified atom stereocenters. The van der Waals surface area contributed by atoms with Crippen molar-refractivity contribution in [2.45, 2.75) is 5.51 Å². The first kappa shape index (κ1) is 18.4. The zero-order valence-corrected chi connectivity index (χ0v) is 12.3. The molecule has 5 nitrogen and oxygen atoms in total. The summed E-state index contributed by atoms with van der Waals surface area (Å²) in [5, 5.41) is 0. The van der Waals surface area contributed by atoms with Crippen molar-refractivity contribution < 1.29 is 82.8 Å². The van der Waals surface area contributed by atoms with Crippen molar-refractivity contribution in [1.82, 2.24) is 0 Å². The molecule has 0 aromatic rings. The third-order valence-electron chi connectivity index (χ3n) is 0.833. The summed E-state index contributed by atoms with van der Waals surface area (Å²) in [6, 6.07) is 0. The van der Waals surface area contributed by atoms with Gasteiger partial charge in [0.1, 0.15) is 0 Å². The quantitative estimate of drug-likeness (QED) is 0.437. The molecule has 0 rings (SSSR count). The van der Waals surface area contributed by atoms with Crippen LogP contribution in [0, 0.1) is 0 Å². The summed E-state index contributed by atoms with van der Waals surface area (Å²) in [6.45, 7) is 2.92. The second-order valence-corrected chi connectivity index (χ2v) is 5.54. The monoisotopic (exact) mass is 292 g/mol. The van der Waals surface area contributed by atoms with E-state index in [2.05, 4.69) is 6.58 Å². The molecule has 0 fully saturated rings. The van der Waals surface area contributed by atoms with Crippen LogP contribution in [0.1, 0.15) is 1.43 Å². The maximum absolute atomic E-state index is 11.6. The summed E-state index contributed by atoms with van der Waals surface area (Å²) in [6.07, 6.45) is 0.727. The van der Waals surface area contributed by atoms with Crippen molar-refractivity contribution in [2.24, 2.45) is 0 Å². The van der Waals surface area contributed by atoms with E-state index in [1.165, 1.54) is 0 Å². The summed E-state index contributed by atoms with van der Waals surface area (Å²) in [5.41, 5.74) is -5.71. The minimum atomic E-state index is -5.99. The molecule has 0 aromatic carbocycles. The van der Waals surface area contributed by atoms with Gasteiger partial charge in [0.05, 0.1) is 15.8 Å². The Labute approximate surface area is 129 Å². The van der Waals surface area contributed by atoms with E-state index in [4.69, 9.17) is 0 Å². The van der Waals surface area contributed by atoms with E-state index in [9.17, 15) is 30.0 Å². The summed E-state index contributed by atoms with van der Waals surface area (Å²) in [4.78, 5) is 0. The predicted octanol–water partition coefficient (Wildman–Crippen LogP) is -2.16. The number of rotatable bonds is 4. The molecule has 0 N–H and O–H groups in total. The number of nitrogens with zero attached hydrogens (tertiary/aromatic N) is 1. The summed E-state index contributed by atoms with van der Waals surface area (Å²) in [5.74, 6) is -0.970. The van der Waals surface area contributed by atoms with Gasteiger partial charge in [0.2, 0.25) is 0 Å². The van der Waals surface area contributed by atoms with Gasteiger partial charge in [0, 0.05) is 0 Å². The molecule has 0 spiro atoms. The molecule has 0 radical (unpaired) electrons. The molecule has 0 aliphatic rings. The van der Waals surface area contributed by atoms with Crippen molar-refractivity contribution in [1.29, 1.82) is 0 Å². The van der Waals surface area contributed by atoms with Gasteiger partial charge in [-0.25, -0.2) is 16.8 Å². The smallest absolute Gasteiger partial charge is 1.00 e. The Balaban J connectivity index is -0.000000845. The second-order valence-electron chi connectivity index (χ2n) is 2.03. The summed E-state index contributed by atoms with van der Waals surface area (Å²) >= 11 is 0. The molecule has 15 heavy (non-hydrogen) atoms. The molecule has 0 amide bonds. The summed E-state index contributed by atoms with van der Waals surface area (Å²) in [7, 11) is -10.7. The number of sulfonamides is 2. The largest absolute Gasteiger partial charge is 1.00 e. The van der Waals surface area contributed by atoms with Crippen LogP contribution in [0.15, 0.2) is 12.7 Å². The zero-order valence-electron chi connectivity index (χ0n) is 8.52. The molecular weight excluding hydrogens is 286 g/mol. The molecule has 0 saturated heterocycles. The SMILES string of the molecule is C=CCS(=O)(=O)[N-]S(=O)(=O)C(F)(F)F.[H-].[K+]. The van der Waals surface area contributed by atoms with Gasteiger partial charge in [0.15, 0.2) is 10.0 Å². The molecule has 0 aliphatic heterocycles. The Bertz CT molecular complexity index is 417. The Morgan fingerprint density at radius 3 is 1.93 bits per heavy atom. The first-order chi connectivity index (χ1) is 6.02. The van der Waals surface area contributed by atoms with Crippen LogP contribution >= 0.6 is 0 Å². The van der Waals surface area contributed by atoms with Crippen LogP contribution in [0.4, 0.5) is 13.2 Å². The first-order valence-electron chi connectivity index (χ1n) is 2.91. The van der Waals surface area contributed by atoms with E-state index in [-0.39, 0.29) is 52.8 Å². The van der Waals surface area contributed by atoms with Crippen molar-refractivity contribution in [2.75, 3.05) is 5.75 Å². The van der Waals surface area contributed by atoms with Crippen LogP contribution in [0.5, 0.6) is 0 Å². The van der Waals surface area contributed by atoms with E-state index in [1.807, 2.05) is 0 Å². The zero-order chi connectivity index (χ0) is 11.6. The average molecular weight is 292 g/mol. The molecular formula is C4H6F3KNO4S2-. The van der Waals surface area contributed by atoms with E-state index in [0.717, 1.165) is 6.08 Å². The normalized spacial score (nSPS) is 13.0. The summed E-state index contributed by atoms with van der Waals surface area (Å²) < 4.78 is 78.3. The number of alkyl halides is 3. The second kappa shape index (κ2) is 6.09. The number of hydrogen-bond donors (Lipinski definition) is 0. The third-order valence-corrected chi connectivity index (χ3v) is 3.77. The van der Waals surface area contributed by atoms with Crippen LogP contribution in [-0.4, -0.2) is 28.1 Å². The topological polar surface area (TPSA) is 82.4 Å². The predicted molar refractivity (Wildman–Crippen MR) is 43.4 cm³/mol. The molecule has 0 saturated carbocycles. The standard InChI is InChI=1S/C4H5F3NO4S2.K.H/c1-2-3-13(9,10)8-14(11,12)4(5,6)7;;/h2H,1,3H2;;/q-1;+1;-1. The third kappa shape index (κ3) is 6.36. The molecule has 0 bridgehead atoms. The molecule has 0 heterocycles. The van der Waals surface area contributed by atoms with E-state index in [0.29, 0.717) is 0 Å². The molecule has 0 atom stereocenters. The van der Waals surface area contributed by atoms with Gasteiger partial charge in [-0.1, -0.05) is 6.08 Å². The van der Waals surface area contributed by atoms with Crippen molar-refractivity contribution in [3.05, 3.63) is 16.8 Å². The van der Waals surface area contributed by atoms with Crippen LogP contribution in [0.25, 0.3) is 4.13 Å². The van der Waals surface area contributed by atoms with Crippen LogP contribution in [0.2, 0.25) is 0 Å². The van der Waals surface area contributed by atoms with Crippen LogP contribution in [0.3, 0.4) is 0 Å². The Kier molecular flexibility index (Phi) is 7.47.